The highest BCUT2D eigenvalue weighted by molar-refractivity contribution is 5.83. The van der Waals surface area contributed by atoms with Gasteiger partial charge >= 0.3 is 0 Å². The van der Waals surface area contributed by atoms with Crippen LogP contribution in [0.5, 0.6) is 0 Å². The zero-order valence-electron chi connectivity index (χ0n) is 14.2. The molecule has 124 valence electrons. The van der Waals surface area contributed by atoms with Gasteiger partial charge < -0.3 is 0 Å². The molecule has 0 unspecified atom stereocenters. The molecule has 5 nitrogen and oxygen atoms in total. The van der Waals surface area contributed by atoms with Crippen LogP contribution in [0.2, 0.25) is 0 Å². The summed E-state index contributed by atoms with van der Waals surface area (Å²) in [4.78, 5) is 13.4. The summed E-state index contributed by atoms with van der Waals surface area (Å²) in [5, 5.41) is 5.27. The van der Waals surface area contributed by atoms with Crippen LogP contribution in [-0.2, 0) is 0 Å². The molecule has 0 amide bonds. The molecule has 3 aromatic heterocycles. The fraction of sp³-hybridized carbons (Fsp3) is 0.158. The molecule has 0 saturated heterocycles. The van der Waals surface area contributed by atoms with Crippen molar-refractivity contribution in [3.05, 3.63) is 64.7 Å². The van der Waals surface area contributed by atoms with Gasteiger partial charge in [0.1, 0.15) is 5.82 Å². The van der Waals surface area contributed by atoms with Crippen molar-refractivity contribution in [1.29, 1.82) is 0 Å². The Morgan fingerprint density at radius 3 is 2.68 bits per heavy atom. The van der Waals surface area contributed by atoms with Crippen molar-refractivity contribution in [2.75, 3.05) is 0 Å². The lowest BCUT2D eigenvalue weighted by molar-refractivity contribution is 0.628. The van der Waals surface area contributed by atoms with E-state index < -0.39 is 0 Å². The Hall–Kier alpha value is -3.15. The number of nitrogens with zero attached hydrogens (tertiary/aromatic N) is 5. The van der Waals surface area contributed by atoms with Crippen LogP contribution in [0.3, 0.4) is 0 Å². The normalized spacial score (nSPS) is 11.8. The van der Waals surface area contributed by atoms with Crippen LogP contribution in [-0.4, -0.2) is 24.6 Å². The summed E-state index contributed by atoms with van der Waals surface area (Å²) in [5.41, 5.74) is 4.88. The minimum absolute atomic E-state index is 0.247. The number of hydrogen-bond donors (Lipinski definition) is 0. The van der Waals surface area contributed by atoms with Crippen LogP contribution in [0.15, 0.2) is 30.5 Å². The first-order valence-corrected chi connectivity index (χ1v) is 7.95. The van der Waals surface area contributed by atoms with Gasteiger partial charge in [0.15, 0.2) is 11.5 Å². The fourth-order valence-corrected chi connectivity index (χ4v) is 2.82. The van der Waals surface area contributed by atoms with E-state index in [1.54, 1.807) is 10.7 Å². The number of hydrogen-bond acceptors (Lipinski definition) is 4. The summed E-state index contributed by atoms with van der Waals surface area (Å²) in [6.45, 7) is 5.70. The zero-order valence-corrected chi connectivity index (χ0v) is 14.2. The third-order valence-electron chi connectivity index (χ3n) is 4.10. The van der Waals surface area contributed by atoms with Gasteiger partial charge in [-0.05, 0) is 56.7 Å². The van der Waals surface area contributed by atoms with E-state index in [0.717, 1.165) is 39.2 Å². The van der Waals surface area contributed by atoms with Gasteiger partial charge in [0.2, 0.25) is 0 Å². The van der Waals surface area contributed by atoms with Crippen molar-refractivity contribution in [1.82, 2.24) is 24.6 Å². The number of aryl methyl sites for hydroxylation is 3. The molecule has 0 aliphatic heterocycles. The second-order valence-electron chi connectivity index (χ2n) is 6.05. The first kappa shape index (κ1) is 15.4. The average molecular weight is 333 g/mol. The molecule has 4 aromatic rings. The quantitative estimate of drug-likeness (QED) is 0.558. The average Bonchev–Trinajstić information content (AvgIpc) is 3.02. The second-order valence-corrected chi connectivity index (χ2v) is 6.05. The van der Waals surface area contributed by atoms with E-state index in [4.69, 9.17) is 0 Å². The summed E-state index contributed by atoms with van der Waals surface area (Å²) in [6.07, 6.45) is 5.45. The lowest BCUT2D eigenvalue weighted by Crippen LogP contribution is -1.97. The highest BCUT2D eigenvalue weighted by Gasteiger charge is 2.07. The molecule has 4 rings (SSSR count). The van der Waals surface area contributed by atoms with Gasteiger partial charge in [-0.15, -0.1) is 5.10 Å². The van der Waals surface area contributed by atoms with Gasteiger partial charge in [0.25, 0.3) is 0 Å². The molecule has 6 heteroatoms. The van der Waals surface area contributed by atoms with Crippen molar-refractivity contribution in [3.8, 4) is 0 Å². The maximum absolute atomic E-state index is 13.5. The summed E-state index contributed by atoms with van der Waals surface area (Å²) in [5.74, 6) is 0.347. The van der Waals surface area contributed by atoms with Gasteiger partial charge in [0.05, 0.1) is 22.6 Å². The van der Waals surface area contributed by atoms with E-state index in [1.165, 1.54) is 12.1 Å². The molecule has 0 aliphatic carbocycles. The van der Waals surface area contributed by atoms with E-state index in [1.807, 2.05) is 45.1 Å². The number of pyridine rings is 1. The first-order chi connectivity index (χ1) is 12.0. The fourth-order valence-electron chi connectivity index (χ4n) is 2.82. The largest absolute Gasteiger partial charge is 0.256 e. The summed E-state index contributed by atoms with van der Waals surface area (Å²) in [7, 11) is 0. The summed E-state index contributed by atoms with van der Waals surface area (Å²) < 4.78 is 15.2. The molecule has 25 heavy (non-hydrogen) atoms. The van der Waals surface area contributed by atoms with Crippen molar-refractivity contribution in [2.24, 2.45) is 0 Å². The molecule has 0 aliphatic rings. The van der Waals surface area contributed by atoms with Crippen molar-refractivity contribution in [2.45, 2.75) is 20.8 Å². The van der Waals surface area contributed by atoms with Crippen molar-refractivity contribution < 1.29 is 4.39 Å². The second kappa shape index (κ2) is 5.73. The predicted molar refractivity (Wildman–Crippen MR) is 95.6 cm³/mol. The standard InChI is InChI=1S/C19H16FN5/c1-11-8-15(20)9-14-4-5-16(22-18(11)14)6-7-17-23-19-13(3)21-10-12(2)25(19)24-17/h4-10H,1-3H3. The highest BCUT2D eigenvalue weighted by atomic mass is 19.1. The SMILES string of the molecule is Cc1cc(F)cc2ccc(C=Cc3nc4c(C)ncc(C)n4n3)nc12. The van der Waals surface area contributed by atoms with Crippen LogP contribution in [0.1, 0.15) is 28.5 Å². The van der Waals surface area contributed by atoms with Crippen molar-refractivity contribution >= 4 is 28.7 Å². The molecule has 1 aromatic carbocycles. The molecular weight excluding hydrogens is 317 g/mol. The van der Waals surface area contributed by atoms with Crippen molar-refractivity contribution in [3.63, 3.8) is 0 Å². The molecule has 0 N–H and O–H groups in total. The van der Waals surface area contributed by atoms with Crippen LogP contribution in [0, 0.1) is 26.6 Å². The topological polar surface area (TPSA) is 56.0 Å². The van der Waals surface area contributed by atoms with E-state index >= 15 is 0 Å². The number of rotatable bonds is 2. The maximum atomic E-state index is 13.5. The van der Waals surface area contributed by atoms with E-state index in [-0.39, 0.29) is 5.82 Å². The molecule has 0 fully saturated rings. The minimum atomic E-state index is -0.247. The smallest absolute Gasteiger partial charge is 0.177 e. The Bertz CT molecular complexity index is 1100. The Balaban J connectivity index is 1.73. The Kier molecular flexibility index (Phi) is 3.53. The van der Waals surface area contributed by atoms with E-state index in [9.17, 15) is 4.39 Å². The molecular formula is C19H16FN5. The molecule has 0 saturated carbocycles. The molecule has 0 spiro atoms. The minimum Gasteiger partial charge on any atom is -0.256 e. The molecule has 3 heterocycles. The third-order valence-corrected chi connectivity index (χ3v) is 4.10. The monoisotopic (exact) mass is 333 g/mol. The van der Waals surface area contributed by atoms with Gasteiger partial charge in [-0.2, -0.15) is 0 Å². The lowest BCUT2D eigenvalue weighted by atomic mass is 10.1. The van der Waals surface area contributed by atoms with Crippen LogP contribution in [0.25, 0.3) is 28.7 Å². The number of halogens is 1. The Labute approximate surface area is 143 Å². The van der Waals surface area contributed by atoms with E-state index in [2.05, 4.69) is 20.1 Å². The van der Waals surface area contributed by atoms with Crippen LogP contribution in [0.4, 0.5) is 4.39 Å². The Morgan fingerprint density at radius 2 is 1.88 bits per heavy atom. The first-order valence-electron chi connectivity index (χ1n) is 7.95. The highest BCUT2D eigenvalue weighted by Crippen LogP contribution is 2.19. The molecule has 0 bridgehead atoms. The van der Waals surface area contributed by atoms with Crippen LogP contribution >= 0.6 is 0 Å². The van der Waals surface area contributed by atoms with E-state index in [0.29, 0.717) is 5.82 Å². The lowest BCUT2D eigenvalue weighted by Gasteiger charge is -2.03. The Morgan fingerprint density at radius 1 is 1.04 bits per heavy atom. The predicted octanol–water partition coefficient (Wildman–Crippen LogP) is 3.91. The number of benzene rings is 1. The van der Waals surface area contributed by atoms with Gasteiger partial charge in [-0.1, -0.05) is 6.07 Å². The van der Waals surface area contributed by atoms with Gasteiger partial charge in [-0.25, -0.2) is 18.9 Å². The molecule has 0 atom stereocenters. The molecule has 0 radical (unpaired) electrons. The number of fused-ring (bicyclic) bond motifs is 2. The third kappa shape index (κ3) is 2.76. The van der Waals surface area contributed by atoms with Gasteiger partial charge in [-0.3, -0.25) is 4.98 Å². The van der Waals surface area contributed by atoms with Gasteiger partial charge in [0, 0.05) is 11.6 Å². The summed E-state index contributed by atoms with van der Waals surface area (Å²) in [6, 6.07) is 6.70. The summed E-state index contributed by atoms with van der Waals surface area (Å²) >= 11 is 0. The maximum Gasteiger partial charge on any atom is 0.177 e. The van der Waals surface area contributed by atoms with Crippen LogP contribution < -0.4 is 0 Å². The zero-order chi connectivity index (χ0) is 17.6. The number of aromatic nitrogens is 5.